The van der Waals surface area contributed by atoms with Crippen LogP contribution in [0, 0.1) is 0 Å². The van der Waals surface area contributed by atoms with Gasteiger partial charge in [-0.3, -0.25) is 0 Å². The number of hydrogen-bond acceptors (Lipinski definition) is 4. The predicted molar refractivity (Wildman–Crippen MR) is 93.4 cm³/mol. The molecule has 4 heteroatoms. The first kappa shape index (κ1) is 15.1. The molecular formula is C21H22O4. The molecule has 3 unspecified atom stereocenters. The summed E-state index contributed by atoms with van der Waals surface area (Å²) >= 11 is 0. The maximum Gasteiger partial charge on any atom is 0.131 e. The Morgan fingerprint density at radius 1 is 1.04 bits per heavy atom. The number of ether oxygens (including phenoxy) is 2. The van der Waals surface area contributed by atoms with Crippen LogP contribution < -0.4 is 9.47 Å². The number of fused-ring (bicyclic) bond motifs is 6. The number of aryl methyl sites for hydroxylation is 1. The molecular weight excluding hydrogens is 316 g/mol. The van der Waals surface area contributed by atoms with Gasteiger partial charge in [0.1, 0.15) is 29.0 Å². The van der Waals surface area contributed by atoms with Crippen molar-refractivity contribution in [1.82, 2.24) is 0 Å². The SMILES string of the molecule is CC1(C)Oc2cc3c(cc2CC1O)C1Oc2cc(O)ccc2C1CC3. The Morgan fingerprint density at radius 3 is 2.72 bits per heavy atom. The minimum absolute atomic E-state index is 0.0158. The lowest BCUT2D eigenvalue weighted by Crippen LogP contribution is -2.46. The van der Waals surface area contributed by atoms with Gasteiger partial charge in [-0.05, 0) is 61.6 Å². The molecule has 2 aromatic carbocycles. The second-order valence-corrected chi connectivity index (χ2v) is 7.99. The first-order valence-electron chi connectivity index (χ1n) is 8.95. The van der Waals surface area contributed by atoms with Gasteiger partial charge in [0.25, 0.3) is 0 Å². The van der Waals surface area contributed by atoms with Gasteiger partial charge in [0.05, 0.1) is 6.10 Å². The highest BCUT2D eigenvalue weighted by Crippen LogP contribution is 2.53. The highest BCUT2D eigenvalue weighted by Gasteiger charge is 2.42. The van der Waals surface area contributed by atoms with Crippen LogP contribution in [-0.2, 0) is 12.8 Å². The van der Waals surface area contributed by atoms with E-state index in [0.717, 1.165) is 29.9 Å². The van der Waals surface area contributed by atoms with Crippen LogP contribution in [0.3, 0.4) is 0 Å². The average Bonchev–Trinajstić information content (AvgIpc) is 2.92. The van der Waals surface area contributed by atoms with Gasteiger partial charge < -0.3 is 19.7 Å². The topological polar surface area (TPSA) is 58.9 Å². The molecule has 2 aromatic rings. The van der Waals surface area contributed by atoms with E-state index in [1.165, 1.54) is 16.7 Å². The number of rotatable bonds is 0. The van der Waals surface area contributed by atoms with E-state index in [9.17, 15) is 10.2 Å². The second kappa shape index (κ2) is 4.92. The molecule has 0 aromatic heterocycles. The van der Waals surface area contributed by atoms with Crippen LogP contribution in [0.15, 0.2) is 30.3 Å². The number of aliphatic hydroxyl groups is 1. The second-order valence-electron chi connectivity index (χ2n) is 7.99. The lowest BCUT2D eigenvalue weighted by atomic mass is 9.77. The normalized spacial score (nSPS) is 28.0. The van der Waals surface area contributed by atoms with Crippen molar-refractivity contribution < 1.29 is 19.7 Å². The summed E-state index contributed by atoms with van der Waals surface area (Å²) < 4.78 is 12.3. The van der Waals surface area contributed by atoms with Gasteiger partial charge in [0.15, 0.2) is 0 Å². The van der Waals surface area contributed by atoms with Gasteiger partial charge in [-0.15, -0.1) is 0 Å². The van der Waals surface area contributed by atoms with E-state index in [2.05, 4.69) is 12.1 Å². The number of hydrogen-bond donors (Lipinski definition) is 2. The quantitative estimate of drug-likeness (QED) is 0.770. The fourth-order valence-electron chi connectivity index (χ4n) is 4.44. The summed E-state index contributed by atoms with van der Waals surface area (Å²) in [5.74, 6) is 2.24. The van der Waals surface area contributed by atoms with E-state index in [4.69, 9.17) is 9.47 Å². The lowest BCUT2D eigenvalue weighted by Gasteiger charge is -2.38. The Balaban J connectivity index is 1.57. The van der Waals surface area contributed by atoms with Gasteiger partial charge >= 0.3 is 0 Å². The molecule has 2 N–H and O–H groups in total. The molecule has 0 spiro atoms. The molecule has 3 aliphatic rings. The minimum Gasteiger partial charge on any atom is -0.508 e. The average molecular weight is 338 g/mol. The van der Waals surface area contributed by atoms with E-state index in [-0.39, 0.29) is 11.9 Å². The number of aromatic hydroxyl groups is 1. The Bertz CT molecular complexity index is 870. The zero-order valence-electron chi connectivity index (χ0n) is 14.5. The van der Waals surface area contributed by atoms with Crippen LogP contribution in [0.1, 0.15) is 54.5 Å². The first-order valence-corrected chi connectivity index (χ1v) is 8.95. The lowest BCUT2D eigenvalue weighted by molar-refractivity contribution is -0.0413. The van der Waals surface area contributed by atoms with Crippen molar-refractivity contribution in [1.29, 1.82) is 0 Å². The summed E-state index contributed by atoms with van der Waals surface area (Å²) in [6.07, 6.45) is 2.08. The van der Waals surface area contributed by atoms with Gasteiger partial charge in [-0.2, -0.15) is 0 Å². The molecule has 1 aliphatic carbocycles. The zero-order valence-corrected chi connectivity index (χ0v) is 14.5. The summed E-state index contributed by atoms with van der Waals surface area (Å²) in [6, 6.07) is 9.72. The largest absolute Gasteiger partial charge is 0.508 e. The summed E-state index contributed by atoms with van der Waals surface area (Å²) in [4.78, 5) is 0. The Kier molecular flexibility index (Phi) is 2.97. The van der Waals surface area contributed by atoms with Crippen LogP contribution in [0.25, 0.3) is 0 Å². The first-order chi connectivity index (χ1) is 11.9. The molecule has 0 saturated carbocycles. The van der Waals surface area contributed by atoms with E-state index >= 15 is 0 Å². The summed E-state index contributed by atoms with van der Waals surface area (Å²) in [6.45, 7) is 3.86. The maximum atomic E-state index is 10.4. The van der Waals surface area contributed by atoms with Crippen molar-refractivity contribution in [3.05, 3.63) is 52.6 Å². The number of aliphatic hydroxyl groups excluding tert-OH is 1. The van der Waals surface area contributed by atoms with Crippen LogP contribution in [0.5, 0.6) is 17.2 Å². The number of benzene rings is 2. The summed E-state index contributed by atoms with van der Waals surface area (Å²) in [7, 11) is 0. The number of phenolic OH excluding ortho intramolecular Hbond substituents is 1. The molecule has 2 aliphatic heterocycles. The maximum absolute atomic E-state index is 10.4. The Morgan fingerprint density at radius 2 is 1.88 bits per heavy atom. The van der Waals surface area contributed by atoms with E-state index in [1.54, 1.807) is 12.1 Å². The zero-order chi connectivity index (χ0) is 17.3. The molecule has 2 heterocycles. The van der Waals surface area contributed by atoms with Crippen LogP contribution in [-0.4, -0.2) is 21.9 Å². The summed E-state index contributed by atoms with van der Waals surface area (Å²) in [5, 5.41) is 20.1. The molecule has 0 fully saturated rings. The predicted octanol–water partition coefficient (Wildman–Crippen LogP) is 3.63. The molecule has 130 valence electrons. The Hall–Kier alpha value is -2.20. The van der Waals surface area contributed by atoms with Crippen molar-refractivity contribution in [3.8, 4) is 17.2 Å². The van der Waals surface area contributed by atoms with Crippen molar-refractivity contribution in [2.24, 2.45) is 0 Å². The molecule has 3 atom stereocenters. The molecule has 0 radical (unpaired) electrons. The fourth-order valence-corrected chi connectivity index (χ4v) is 4.44. The molecule has 4 nitrogen and oxygen atoms in total. The minimum atomic E-state index is -0.559. The third kappa shape index (κ3) is 2.17. The van der Waals surface area contributed by atoms with Crippen molar-refractivity contribution in [3.63, 3.8) is 0 Å². The molecule has 0 amide bonds. The highest BCUT2D eigenvalue weighted by molar-refractivity contribution is 5.53. The monoisotopic (exact) mass is 338 g/mol. The van der Waals surface area contributed by atoms with Crippen molar-refractivity contribution in [2.45, 2.75) is 56.8 Å². The van der Waals surface area contributed by atoms with Crippen LogP contribution >= 0.6 is 0 Å². The van der Waals surface area contributed by atoms with E-state index in [1.807, 2.05) is 19.9 Å². The molecule has 0 saturated heterocycles. The number of phenols is 1. The fraction of sp³-hybridized carbons (Fsp3) is 0.429. The van der Waals surface area contributed by atoms with Crippen molar-refractivity contribution >= 4 is 0 Å². The van der Waals surface area contributed by atoms with Gasteiger partial charge in [-0.1, -0.05) is 6.07 Å². The molecule has 0 bridgehead atoms. The van der Waals surface area contributed by atoms with Crippen molar-refractivity contribution in [2.75, 3.05) is 0 Å². The van der Waals surface area contributed by atoms with Gasteiger partial charge in [-0.25, -0.2) is 0 Å². The smallest absolute Gasteiger partial charge is 0.131 e. The Labute approximate surface area is 147 Å². The third-order valence-electron chi connectivity index (χ3n) is 5.96. The highest BCUT2D eigenvalue weighted by atomic mass is 16.5. The molecule has 25 heavy (non-hydrogen) atoms. The van der Waals surface area contributed by atoms with E-state index < -0.39 is 11.7 Å². The van der Waals surface area contributed by atoms with E-state index in [0.29, 0.717) is 12.3 Å². The summed E-state index contributed by atoms with van der Waals surface area (Å²) in [5.41, 5.74) is 4.14. The molecule has 5 rings (SSSR count). The van der Waals surface area contributed by atoms with Crippen LogP contribution in [0.4, 0.5) is 0 Å². The van der Waals surface area contributed by atoms with Gasteiger partial charge in [0.2, 0.25) is 0 Å². The van der Waals surface area contributed by atoms with Crippen LogP contribution in [0.2, 0.25) is 0 Å². The standard InChI is InChI=1S/C21H22O4/c1-21(2)19(23)9-12-7-16-11(8-17(12)25-21)3-5-15-14-6-4-13(22)10-18(14)24-20(15)16/h4,6-8,10,15,19-20,22-23H,3,5,9H2,1-2H3. The van der Waals surface area contributed by atoms with Gasteiger partial charge in [0, 0.05) is 24.0 Å². The third-order valence-corrected chi connectivity index (χ3v) is 5.96.